The minimum atomic E-state index is -4.69. The Morgan fingerprint density at radius 2 is 2.22 bits per heavy atom. The lowest BCUT2D eigenvalue weighted by molar-refractivity contribution is -0.117. The average molecular weight is 384 g/mol. The predicted octanol–water partition coefficient (Wildman–Crippen LogP) is 1.40. The largest absolute Gasteiger partial charge is 0.307 e. The number of rotatable bonds is 2. The molecule has 8 heteroatoms. The summed E-state index contributed by atoms with van der Waals surface area (Å²) in [5.41, 5.74) is 0.931. The van der Waals surface area contributed by atoms with Gasteiger partial charge < -0.3 is 0 Å². The van der Waals surface area contributed by atoms with Crippen molar-refractivity contribution >= 4 is 44.5 Å². The second-order valence-corrected chi connectivity index (χ2v) is 6.88. The van der Waals surface area contributed by atoms with Gasteiger partial charge in [-0.25, -0.2) is 4.98 Å². The average Bonchev–Trinajstić information content (AvgIpc) is 2.64. The van der Waals surface area contributed by atoms with E-state index in [0.717, 1.165) is 9.13 Å². The molecule has 18 heavy (non-hydrogen) atoms. The van der Waals surface area contributed by atoms with E-state index in [1.54, 1.807) is 12.3 Å². The Bertz CT molecular complexity index is 605. The van der Waals surface area contributed by atoms with Gasteiger partial charge in [-0.2, -0.15) is 8.42 Å². The molecule has 0 saturated carbocycles. The van der Waals surface area contributed by atoms with Crippen LogP contribution in [-0.4, -0.2) is 31.1 Å². The van der Waals surface area contributed by atoms with Crippen molar-refractivity contribution in [3.63, 3.8) is 0 Å². The van der Waals surface area contributed by atoms with E-state index in [2.05, 4.69) is 27.6 Å². The first-order valence-corrected chi connectivity index (χ1v) is 7.67. The molecule has 1 fully saturated rings. The standard InChI is InChI=1S/C10H10FIN2O3S/c1-6-2-9(13-4-8(6)12)14-5-7(3-10(14)15)18(11,16)17/h2,4,7H,3,5H2,1H3. The molecule has 0 radical (unpaired) electrons. The molecule has 0 N–H and O–H groups in total. The molecular formula is C10H10FIN2O3S. The lowest BCUT2D eigenvalue weighted by atomic mass is 10.3. The summed E-state index contributed by atoms with van der Waals surface area (Å²) in [5, 5.41) is -1.29. The number of carbonyl (C=O) groups is 1. The van der Waals surface area contributed by atoms with Gasteiger partial charge in [0, 0.05) is 22.7 Å². The molecule has 2 heterocycles. The number of hydrogen-bond donors (Lipinski definition) is 0. The lowest BCUT2D eigenvalue weighted by Gasteiger charge is -2.15. The van der Waals surface area contributed by atoms with E-state index in [-0.39, 0.29) is 13.0 Å². The molecule has 1 amide bonds. The Balaban J connectivity index is 2.30. The van der Waals surface area contributed by atoms with Gasteiger partial charge in [0.2, 0.25) is 5.91 Å². The van der Waals surface area contributed by atoms with E-state index >= 15 is 0 Å². The fourth-order valence-corrected chi connectivity index (χ4v) is 2.72. The molecule has 1 aliphatic rings. The van der Waals surface area contributed by atoms with Gasteiger partial charge in [-0.05, 0) is 41.1 Å². The zero-order valence-electron chi connectivity index (χ0n) is 9.43. The third kappa shape index (κ3) is 2.63. The van der Waals surface area contributed by atoms with Crippen LogP contribution in [0.2, 0.25) is 0 Å². The van der Waals surface area contributed by atoms with E-state index in [4.69, 9.17) is 0 Å². The summed E-state index contributed by atoms with van der Waals surface area (Å²) in [6, 6.07) is 1.69. The first-order chi connectivity index (χ1) is 8.29. The van der Waals surface area contributed by atoms with Gasteiger partial charge >= 0.3 is 10.2 Å². The highest BCUT2D eigenvalue weighted by molar-refractivity contribution is 14.1. The van der Waals surface area contributed by atoms with Gasteiger partial charge in [-0.15, -0.1) is 3.89 Å². The normalized spacial score (nSPS) is 20.5. The molecule has 98 valence electrons. The SMILES string of the molecule is Cc1cc(N2CC(S(=O)(=O)F)CC2=O)ncc1I. The Morgan fingerprint density at radius 1 is 1.56 bits per heavy atom. The molecule has 1 aromatic rings. The van der Waals surface area contributed by atoms with Crippen molar-refractivity contribution in [2.24, 2.45) is 0 Å². The van der Waals surface area contributed by atoms with Crippen LogP contribution >= 0.6 is 22.6 Å². The number of aryl methyl sites for hydroxylation is 1. The van der Waals surface area contributed by atoms with Crippen LogP contribution in [0.25, 0.3) is 0 Å². The minimum absolute atomic E-state index is 0.176. The Kier molecular flexibility index (Phi) is 3.58. The van der Waals surface area contributed by atoms with Crippen LogP contribution in [0, 0.1) is 10.5 Å². The second kappa shape index (κ2) is 4.72. The van der Waals surface area contributed by atoms with Crippen LogP contribution in [0.3, 0.4) is 0 Å². The molecule has 1 atom stereocenters. The topological polar surface area (TPSA) is 67.3 Å². The van der Waals surface area contributed by atoms with E-state index in [1.807, 2.05) is 6.92 Å². The van der Waals surface area contributed by atoms with Crippen molar-refractivity contribution in [3.8, 4) is 0 Å². The second-order valence-electron chi connectivity index (χ2n) is 4.10. The van der Waals surface area contributed by atoms with Crippen molar-refractivity contribution in [1.82, 2.24) is 4.98 Å². The number of nitrogens with zero attached hydrogens (tertiary/aromatic N) is 2. The highest BCUT2D eigenvalue weighted by atomic mass is 127. The van der Waals surface area contributed by atoms with Crippen LogP contribution in [-0.2, 0) is 15.0 Å². The molecule has 1 aliphatic heterocycles. The third-order valence-electron chi connectivity index (χ3n) is 2.80. The van der Waals surface area contributed by atoms with Gasteiger partial charge in [0.25, 0.3) is 0 Å². The predicted molar refractivity (Wildman–Crippen MR) is 72.5 cm³/mol. The fourth-order valence-electron chi connectivity index (χ4n) is 1.76. The van der Waals surface area contributed by atoms with Crippen LogP contribution in [0.5, 0.6) is 0 Å². The molecule has 1 unspecified atom stereocenters. The Hall–Kier alpha value is -0.770. The lowest BCUT2D eigenvalue weighted by Crippen LogP contribution is -2.27. The van der Waals surface area contributed by atoms with Gasteiger partial charge in [-0.1, -0.05) is 0 Å². The van der Waals surface area contributed by atoms with Gasteiger partial charge in [0.1, 0.15) is 11.1 Å². The van der Waals surface area contributed by atoms with Crippen molar-refractivity contribution in [3.05, 3.63) is 21.4 Å². The maximum atomic E-state index is 12.9. The minimum Gasteiger partial charge on any atom is -0.295 e. The summed E-state index contributed by atoms with van der Waals surface area (Å²) >= 11 is 2.10. The van der Waals surface area contributed by atoms with Crippen molar-refractivity contribution in [2.75, 3.05) is 11.4 Å². The molecular weight excluding hydrogens is 374 g/mol. The quantitative estimate of drug-likeness (QED) is 0.571. The van der Waals surface area contributed by atoms with Crippen LogP contribution in [0.1, 0.15) is 12.0 Å². The van der Waals surface area contributed by atoms with Crippen molar-refractivity contribution in [2.45, 2.75) is 18.6 Å². The first-order valence-electron chi connectivity index (χ1n) is 5.15. The third-order valence-corrected chi connectivity index (χ3v) is 5.04. The molecule has 2 rings (SSSR count). The summed E-state index contributed by atoms with van der Waals surface area (Å²) < 4.78 is 35.4. The van der Waals surface area contributed by atoms with E-state index < -0.39 is 21.4 Å². The summed E-state index contributed by atoms with van der Waals surface area (Å²) in [5.74, 6) is -0.0570. The number of anilines is 1. The number of carbonyl (C=O) groups excluding carboxylic acids is 1. The molecule has 0 bridgehead atoms. The summed E-state index contributed by atoms with van der Waals surface area (Å²) in [6.45, 7) is 1.68. The van der Waals surface area contributed by atoms with Crippen molar-refractivity contribution < 1.29 is 17.1 Å². The van der Waals surface area contributed by atoms with Crippen LogP contribution in [0.15, 0.2) is 12.3 Å². The van der Waals surface area contributed by atoms with Gasteiger partial charge in [-0.3, -0.25) is 9.69 Å². The van der Waals surface area contributed by atoms with E-state index in [1.165, 1.54) is 4.90 Å². The number of aromatic nitrogens is 1. The fraction of sp³-hybridized carbons (Fsp3) is 0.400. The first kappa shape index (κ1) is 13.7. The molecule has 0 spiro atoms. The van der Waals surface area contributed by atoms with E-state index in [0.29, 0.717) is 5.82 Å². The number of pyridine rings is 1. The maximum Gasteiger partial charge on any atom is 0.307 e. The highest BCUT2D eigenvalue weighted by Crippen LogP contribution is 2.25. The van der Waals surface area contributed by atoms with E-state index in [9.17, 15) is 17.1 Å². The smallest absolute Gasteiger partial charge is 0.295 e. The monoisotopic (exact) mass is 384 g/mol. The summed E-state index contributed by atoms with van der Waals surface area (Å²) in [6.07, 6.45) is 1.27. The molecule has 0 aromatic carbocycles. The maximum absolute atomic E-state index is 12.9. The van der Waals surface area contributed by atoms with Crippen molar-refractivity contribution in [1.29, 1.82) is 0 Å². The molecule has 5 nitrogen and oxygen atoms in total. The number of hydrogen-bond acceptors (Lipinski definition) is 4. The van der Waals surface area contributed by atoms with Crippen LogP contribution in [0.4, 0.5) is 9.70 Å². The van der Waals surface area contributed by atoms with Crippen LogP contribution < -0.4 is 4.90 Å². The molecule has 1 saturated heterocycles. The zero-order chi connectivity index (χ0) is 13.5. The highest BCUT2D eigenvalue weighted by Gasteiger charge is 2.39. The van der Waals surface area contributed by atoms with Gasteiger partial charge in [0.15, 0.2) is 0 Å². The summed E-state index contributed by atoms with van der Waals surface area (Å²) in [4.78, 5) is 17.0. The Labute approximate surface area is 118 Å². The zero-order valence-corrected chi connectivity index (χ0v) is 12.4. The number of halogens is 2. The molecule has 1 aromatic heterocycles. The summed E-state index contributed by atoms with van der Waals surface area (Å²) in [7, 11) is -4.69. The Morgan fingerprint density at radius 3 is 2.72 bits per heavy atom. The number of amides is 1. The molecule has 0 aliphatic carbocycles. The van der Waals surface area contributed by atoms with Gasteiger partial charge in [0.05, 0.1) is 0 Å².